The van der Waals surface area contributed by atoms with Gasteiger partial charge >= 0.3 is 6.09 Å². The quantitative estimate of drug-likeness (QED) is 0.219. The Kier molecular flexibility index (Phi) is 8.87. The zero-order chi connectivity index (χ0) is 33.4. The first-order valence-corrected chi connectivity index (χ1v) is 17.2. The van der Waals surface area contributed by atoms with Gasteiger partial charge in [0.25, 0.3) is 0 Å². The Bertz CT molecular complexity index is 1760. The number of nitrogens with zero attached hydrogens (tertiary/aromatic N) is 4. The van der Waals surface area contributed by atoms with E-state index in [1.807, 2.05) is 53.4 Å². The smallest absolute Gasteiger partial charge is 0.407 e. The number of aromatic nitrogens is 2. The van der Waals surface area contributed by atoms with Crippen molar-refractivity contribution in [2.45, 2.75) is 58.2 Å². The largest absolute Gasteiger partial charge is 0.465 e. The standard InChI is InChI=1S/C38H46N6O4/c1-38(2,3)34-26(12-9-17-43(34)37(46)47)23-39-33-28-13-7-8-14-31(28)44(24-25-10-5-4-6-11-25)36(45)32(33)35-40-29-16-15-27(22-30(29)41-35)42-18-20-48-21-19-42/h4-8,10-11,13-16,22,26,32-34,39H,9,12,17-21,23-24H2,1-3H3,(H,40,41)(H,46,47). The molecule has 10 heteroatoms. The van der Waals surface area contributed by atoms with Crippen LogP contribution in [0.3, 0.4) is 0 Å². The first-order valence-electron chi connectivity index (χ1n) is 17.2. The van der Waals surface area contributed by atoms with Crippen LogP contribution in [0.25, 0.3) is 11.0 Å². The second-order valence-corrected chi connectivity index (χ2v) is 14.4. The van der Waals surface area contributed by atoms with Crippen molar-refractivity contribution in [2.75, 3.05) is 49.2 Å². The first-order chi connectivity index (χ1) is 23.2. The fraction of sp³-hybridized carbons (Fsp3) is 0.447. The predicted octanol–water partition coefficient (Wildman–Crippen LogP) is 6.17. The molecule has 7 rings (SSSR count). The molecule has 0 aliphatic carbocycles. The second kappa shape index (κ2) is 13.2. The summed E-state index contributed by atoms with van der Waals surface area (Å²) in [6.07, 6.45) is 0.862. The molecular formula is C38H46N6O4. The monoisotopic (exact) mass is 650 g/mol. The number of aromatic amines is 1. The van der Waals surface area contributed by atoms with Gasteiger partial charge < -0.3 is 34.8 Å². The zero-order valence-corrected chi connectivity index (χ0v) is 28.1. The SMILES string of the molecule is CC(C)(C)C1C(CNC2c3ccccc3N(Cc3ccccc3)C(=O)C2c2nc3cc(N4CCOCC4)ccc3[nH]2)CCCN1C(=O)O. The molecule has 3 aliphatic rings. The minimum atomic E-state index is -0.869. The van der Waals surface area contributed by atoms with Gasteiger partial charge in [-0.15, -0.1) is 0 Å². The van der Waals surface area contributed by atoms with Gasteiger partial charge in [0.05, 0.1) is 36.8 Å². The van der Waals surface area contributed by atoms with Crippen molar-refractivity contribution in [3.8, 4) is 0 Å². The van der Waals surface area contributed by atoms with Crippen LogP contribution in [0.5, 0.6) is 0 Å². The third-order valence-electron chi connectivity index (χ3n) is 10.3. The molecule has 4 unspecified atom stereocenters. The number of amides is 2. The van der Waals surface area contributed by atoms with E-state index in [1.165, 1.54) is 0 Å². The number of imidazole rings is 1. The maximum absolute atomic E-state index is 14.8. The summed E-state index contributed by atoms with van der Waals surface area (Å²) in [6.45, 7) is 11.0. The summed E-state index contributed by atoms with van der Waals surface area (Å²) in [5.41, 5.74) is 5.53. The van der Waals surface area contributed by atoms with E-state index >= 15 is 0 Å². The lowest BCUT2D eigenvalue weighted by Gasteiger charge is -2.47. The minimum Gasteiger partial charge on any atom is -0.465 e. The molecule has 3 aliphatic heterocycles. The lowest BCUT2D eigenvalue weighted by molar-refractivity contribution is -0.121. The maximum Gasteiger partial charge on any atom is 0.407 e. The fourth-order valence-corrected chi connectivity index (χ4v) is 8.17. The Balaban J connectivity index is 1.27. The summed E-state index contributed by atoms with van der Waals surface area (Å²) in [4.78, 5) is 41.6. The fourth-order valence-electron chi connectivity index (χ4n) is 8.17. The molecule has 252 valence electrons. The number of anilines is 2. The third-order valence-corrected chi connectivity index (χ3v) is 10.3. The van der Waals surface area contributed by atoms with E-state index in [9.17, 15) is 14.7 Å². The molecule has 3 N–H and O–H groups in total. The number of carbonyl (C=O) groups excluding carboxylic acids is 1. The molecule has 4 atom stereocenters. The van der Waals surface area contributed by atoms with Gasteiger partial charge in [-0.1, -0.05) is 69.3 Å². The summed E-state index contributed by atoms with van der Waals surface area (Å²) in [6, 6.07) is 24.0. The molecule has 48 heavy (non-hydrogen) atoms. The number of para-hydroxylation sites is 1. The second-order valence-electron chi connectivity index (χ2n) is 14.4. The number of hydrogen-bond donors (Lipinski definition) is 3. The minimum absolute atomic E-state index is 0.0225. The maximum atomic E-state index is 14.8. The van der Waals surface area contributed by atoms with E-state index in [0.29, 0.717) is 38.7 Å². The Morgan fingerprint density at radius 3 is 2.52 bits per heavy atom. The van der Waals surface area contributed by atoms with Gasteiger partial charge in [0.2, 0.25) is 5.91 Å². The van der Waals surface area contributed by atoms with Crippen LogP contribution in [-0.4, -0.2) is 77.4 Å². The summed E-state index contributed by atoms with van der Waals surface area (Å²) >= 11 is 0. The van der Waals surface area contributed by atoms with Crippen LogP contribution in [0.1, 0.15) is 62.5 Å². The molecule has 1 aromatic heterocycles. The van der Waals surface area contributed by atoms with Gasteiger partial charge in [-0.2, -0.15) is 0 Å². The number of hydrogen-bond acceptors (Lipinski definition) is 6. The molecule has 4 heterocycles. The number of carboxylic acid groups (broad SMARTS) is 1. The van der Waals surface area contributed by atoms with E-state index in [-0.39, 0.29) is 29.3 Å². The number of H-pyrrole nitrogens is 1. The lowest BCUT2D eigenvalue weighted by Crippen LogP contribution is -2.56. The highest BCUT2D eigenvalue weighted by molar-refractivity contribution is 6.02. The van der Waals surface area contributed by atoms with E-state index in [1.54, 1.807) is 4.90 Å². The van der Waals surface area contributed by atoms with Crippen LogP contribution in [0.15, 0.2) is 72.8 Å². The number of likely N-dealkylation sites (tertiary alicyclic amines) is 1. The average Bonchev–Trinajstić information content (AvgIpc) is 3.52. The summed E-state index contributed by atoms with van der Waals surface area (Å²) < 4.78 is 5.56. The molecule has 3 aromatic carbocycles. The molecule has 4 aromatic rings. The Labute approximate surface area is 282 Å². The number of rotatable bonds is 7. The number of ether oxygens (including phenoxy) is 1. The van der Waals surface area contributed by atoms with Gasteiger partial charge in [-0.3, -0.25) is 4.79 Å². The van der Waals surface area contributed by atoms with Crippen molar-refractivity contribution in [2.24, 2.45) is 11.3 Å². The number of carbonyl (C=O) groups is 2. The van der Waals surface area contributed by atoms with Crippen LogP contribution in [0.4, 0.5) is 16.2 Å². The molecule has 0 bridgehead atoms. The number of nitrogens with one attached hydrogen (secondary N) is 2. The van der Waals surface area contributed by atoms with E-state index in [2.05, 4.69) is 60.2 Å². The van der Waals surface area contributed by atoms with Crippen molar-refractivity contribution in [1.29, 1.82) is 0 Å². The molecule has 2 fully saturated rings. The van der Waals surface area contributed by atoms with E-state index in [0.717, 1.165) is 59.5 Å². The Hall–Kier alpha value is -4.41. The average molecular weight is 651 g/mol. The number of benzene rings is 3. The molecular weight excluding hydrogens is 604 g/mol. The van der Waals surface area contributed by atoms with Gasteiger partial charge in [0, 0.05) is 43.6 Å². The molecule has 0 spiro atoms. The van der Waals surface area contributed by atoms with Gasteiger partial charge in [0.1, 0.15) is 11.7 Å². The lowest BCUT2D eigenvalue weighted by atomic mass is 9.74. The van der Waals surface area contributed by atoms with Crippen LogP contribution in [0, 0.1) is 11.3 Å². The number of morpholine rings is 1. The highest BCUT2D eigenvalue weighted by atomic mass is 16.5. The van der Waals surface area contributed by atoms with Crippen LogP contribution in [0.2, 0.25) is 0 Å². The van der Waals surface area contributed by atoms with Crippen LogP contribution in [-0.2, 0) is 16.1 Å². The van der Waals surface area contributed by atoms with Crippen molar-refractivity contribution in [1.82, 2.24) is 20.2 Å². The van der Waals surface area contributed by atoms with Gasteiger partial charge in [-0.25, -0.2) is 9.78 Å². The number of fused-ring (bicyclic) bond motifs is 2. The molecule has 0 radical (unpaired) electrons. The first kappa shape index (κ1) is 32.2. The van der Waals surface area contributed by atoms with Crippen molar-refractivity contribution >= 4 is 34.4 Å². The van der Waals surface area contributed by atoms with Crippen LogP contribution >= 0.6 is 0 Å². The van der Waals surface area contributed by atoms with E-state index in [4.69, 9.17) is 9.72 Å². The van der Waals surface area contributed by atoms with E-state index < -0.39 is 12.0 Å². The highest BCUT2D eigenvalue weighted by Crippen LogP contribution is 2.44. The van der Waals surface area contributed by atoms with Crippen molar-refractivity contribution in [3.05, 3.63) is 89.7 Å². The number of piperidine rings is 1. The summed E-state index contributed by atoms with van der Waals surface area (Å²) in [5.74, 6) is 0.0787. The molecule has 0 saturated carbocycles. The molecule has 10 nitrogen and oxygen atoms in total. The molecule has 2 amide bonds. The topological polar surface area (TPSA) is 114 Å². The molecule has 2 saturated heterocycles. The van der Waals surface area contributed by atoms with Gasteiger partial charge in [0.15, 0.2) is 0 Å². The summed E-state index contributed by atoms with van der Waals surface area (Å²) in [7, 11) is 0. The Morgan fingerprint density at radius 1 is 1.02 bits per heavy atom. The predicted molar refractivity (Wildman–Crippen MR) is 187 cm³/mol. The summed E-state index contributed by atoms with van der Waals surface area (Å²) in [5, 5.41) is 13.9. The van der Waals surface area contributed by atoms with Crippen molar-refractivity contribution < 1.29 is 19.4 Å². The van der Waals surface area contributed by atoms with Crippen molar-refractivity contribution in [3.63, 3.8) is 0 Å². The zero-order valence-electron chi connectivity index (χ0n) is 28.1. The highest BCUT2D eigenvalue weighted by Gasteiger charge is 2.45. The van der Waals surface area contributed by atoms with Gasteiger partial charge in [-0.05, 0) is 59.6 Å². The normalized spacial score (nSPS) is 23.4. The third kappa shape index (κ3) is 6.26. The Morgan fingerprint density at radius 2 is 1.77 bits per heavy atom. The van der Waals surface area contributed by atoms with Crippen LogP contribution < -0.4 is 15.1 Å².